The summed E-state index contributed by atoms with van der Waals surface area (Å²) in [4.78, 5) is 7.31. The molecule has 39 heavy (non-hydrogen) atoms. The third kappa shape index (κ3) is 3.59. The molecule has 4 nitrogen and oxygen atoms in total. The highest BCUT2D eigenvalue weighted by Gasteiger charge is 2.21. The lowest BCUT2D eigenvalue weighted by atomic mass is 10.1. The quantitative estimate of drug-likeness (QED) is 0.171. The minimum atomic E-state index is 1.00. The number of aromatic amines is 2. The van der Waals surface area contributed by atoms with Gasteiger partial charge in [0, 0.05) is 35.7 Å². The molecule has 0 atom stereocenters. The molecule has 8 rings (SSSR count). The molecule has 8 aromatic rings. The Morgan fingerprint density at radius 1 is 0.436 bits per heavy atom. The van der Waals surface area contributed by atoms with E-state index in [0.29, 0.717) is 0 Å². The first kappa shape index (κ1) is 22.3. The molecular weight excluding hydrogens is 476 g/mol. The number of rotatable bonds is 6. The summed E-state index contributed by atoms with van der Waals surface area (Å²) < 4.78 is 5.07. The number of para-hydroxylation sites is 4. The van der Waals surface area contributed by atoms with Crippen LogP contribution < -0.4 is 9.13 Å². The number of pyridine rings is 2. The first-order valence-corrected chi connectivity index (χ1v) is 14.0. The SMILES string of the molecule is c1ccc2c(c1)cc1[nH]c3ccccc3c1[n+]2CCCCC[n+]1c2ccccc2cc2[nH]c3ccccc3c21. The molecule has 0 radical (unpaired) electrons. The second kappa shape index (κ2) is 8.95. The molecule has 0 aliphatic rings. The van der Waals surface area contributed by atoms with Crippen LogP contribution in [0.25, 0.3) is 65.7 Å². The maximum Gasteiger partial charge on any atom is 0.238 e. The Morgan fingerprint density at radius 3 is 1.38 bits per heavy atom. The maximum absolute atomic E-state index is 3.65. The molecule has 0 saturated heterocycles. The molecule has 0 saturated carbocycles. The van der Waals surface area contributed by atoms with Gasteiger partial charge in [0.2, 0.25) is 22.1 Å². The van der Waals surface area contributed by atoms with Gasteiger partial charge in [-0.3, -0.25) is 0 Å². The zero-order valence-corrected chi connectivity index (χ0v) is 21.8. The Kier molecular flexibility index (Phi) is 5.12. The number of nitrogens with zero attached hydrogens (tertiary/aromatic N) is 2. The van der Waals surface area contributed by atoms with Crippen molar-refractivity contribution >= 4 is 65.7 Å². The normalized spacial score (nSPS) is 12.1. The van der Waals surface area contributed by atoms with Gasteiger partial charge in [-0.25, -0.2) is 0 Å². The van der Waals surface area contributed by atoms with Crippen molar-refractivity contribution in [2.45, 2.75) is 32.4 Å². The van der Waals surface area contributed by atoms with Gasteiger partial charge in [0.05, 0.1) is 21.8 Å². The number of nitrogens with one attached hydrogen (secondary N) is 2. The van der Waals surface area contributed by atoms with E-state index in [0.717, 1.165) is 25.9 Å². The van der Waals surface area contributed by atoms with Crippen molar-refractivity contribution in [2.75, 3.05) is 0 Å². The molecule has 0 amide bonds. The lowest BCUT2D eigenvalue weighted by Crippen LogP contribution is -2.36. The highest BCUT2D eigenvalue weighted by Crippen LogP contribution is 2.27. The smallest absolute Gasteiger partial charge is 0.238 e. The minimum absolute atomic E-state index is 1.00. The van der Waals surface area contributed by atoms with Crippen molar-refractivity contribution in [1.29, 1.82) is 0 Å². The van der Waals surface area contributed by atoms with Crippen molar-refractivity contribution in [2.24, 2.45) is 0 Å². The zero-order chi connectivity index (χ0) is 25.8. The summed E-state index contributed by atoms with van der Waals surface area (Å²) >= 11 is 0. The van der Waals surface area contributed by atoms with Gasteiger partial charge in [0.25, 0.3) is 0 Å². The topological polar surface area (TPSA) is 39.3 Å². The number of hydrogen-bond acceptors (Lipinski definition) is 0. The van der Waals surface area contributed by atoms with Crippen LogP contribution in [-0.4, -0.2) is 9.97 Å². The number of fused-ring (bicyclic) bond motifs is 8. The van der Waals surface area contributed by atoms with Crippen LogP contribution in [0.2, 0.25) is 0 Å². The fourth-order valence-corrected chi connectivity index (χ4v) is 6.53. The Hall–Kier alpha value is -4.70. The van der Waals surface area contributed by atoms with Gasteiger partial charge >= 0.3 is 0 Å². The monoisotopic (exact) mass is 506 g/mol. The number of aryl methyl sites for hydroxylation is 2. The van der Waals surface area contributed by atoms with Crippen LogP contribution in [0, 0.1) is 0 Å². The molecule has 0 fully saturated rings. The van der Waals surface area contributed by atoms with Crippen molar-refractivity contribution < 1.29 is 9.13 Å². The van der Waals surface area contributed by atoms with Crippen molar-refractivity contribution in [3.8, 4) is 0 Å². The van der Waals surface area contributed by atoms with E-state index in [1.165, 1.54) is 72.1 Å². The number of benzene rings is 4. The van der Waals surface area contributed by atoms with Crippen LogP contribution in [0.3, 0.4) is 0 Å². The first-order valence-electron chi connectivity index (χ1n) is 14.0. The van der Waals surface area contributed by atoms with Gasteiger partial charge in [-0.05, 0) is 55.0 Å². The van der Waals surface area contributed by atoms with E-state index < -0.39 is 0 Å². The van der Waals surface area contributed by atoms with Crippen molar-refractivity contribution in [3.05, 3.63) is 109 Å². The van der Waals surface area contributed by atoms with E-state index >= 15 is 0 Å². The Morgan fingerprint density at radius 2 is 0.872 bits per heavy atom. The average molecular weight is 507 g/mol. The number of H-pyrrole nitrogens is 2. The summed E-state index contributed by atoms with van der Waals surface area (Å²) in [6, 6.07) is 39.5. The molecule has 4 heterocycles. The predicted molar refractivity (Wildman–Crippen MR) is 161 cm³/mol. The minimum Gasteiger partial charge on any atom is -0.349 e. The van der Waals surface area contributed by atoms with Gasteiger partial charge in [-0.15, -0.1) is 0 Å². The van der Waals surface area contributed by atoms with Crippen LogP contribution in [0.1, 0.15) is 19.3 Å². The number of aromatic nitrogens is 4. The maximum atomic E-state index is 3.65. The largest absolute Gasteiger partial charge is 0.349 e. The van der Waals surface area contributed by atoms with Gasteiger partial charge in [0.15, 0.2) is 0 Å². The van der Waals surface area contributed by atoms with Crippen LogP contribution in [0.5, 0.6) is 0 Å². The fraction of sp³-hybridized carbons (Fsp3) is 0.143. The second-order valence-electron chi connectivity index (χ2n) is 10.6. The molecule has 4 aromatic carbocycles. The fourth-order valence-electron chi connectivity index (χ4n) is 6.53. The van der Waals surface area contributed by atoms with Crippen LogP contribution >= 0.6 is 0 Å². The molecule has 0 bridgehead atoms. The first-order chi connectivity index (χ1) is 19.3. The summed E-state index contributed by atoms with van der Waals surface area (Å²) in [7, 11) is 0. The molecule has 4 heteroatoms. The van der Waals surface area contributed by atoms with Crippen LogP contribution in [-0.2, 0) is 13.1 Å². The third-order valence-corrected chi connectivity index (χ3v) is 8.27. The number of hydrogen-bond donors (Lipinski definition) is 2. The van der Waals surface area contributed by atoms with Gasteiger partial charge in [-0.2, -0.15) is 9.13 Å². The molecule has 0 aliphatic heterocycles. The van der Waals surface area contributed by atoms with E-state index in [-0.39, 0.29) is 0 Å². The molecular formula is C35H30N4+2. The Labute approximate surface area is 226 Å². The van der Waals surface area contributed by atoms with Gasteiger partial charge < -0.3 is 9.97 Å². The van der Waals surface area contributed by atoms with Gasteiger partial charge in [-0.1, -0.05) is 48.5 Å². The van der Waals surface area contributed by atoms with E-state index in [4.69, 9.17) is 0 Å². The predicted octanol–water partition coefficient (Wildman–Crippen LogP) is 7.71. The lowest BCUT2D eigenvalue weighted by Gasteiger charge is -2.06. The van der Waals surface area contributed by atoms with Crippen LogP contribution in [0.15, 0.2) is 109 Å². The molecule has 0 aliphatic carbocycles. The molecule has 2 N–H and O–H groups in total. The summed E-state index contributed by atoms with van der Waals surface area (Å²) in [6.45, 7) is 2.00. The number of unbranched alkanes of at least 4 members (excludes halogenated alkanes) is 2. The molecule has 4 aromatic heterocycles. The summed E-state index contributed by atoms with van der Waals surface area (Å²) in [5, 5.41) is 5.16. The molecule has 188 valence electrons. The Bertz CT molecular complexity index is 2010. The van der Waals surface area contributed by atoms with Crippen molar-refractivity contribution in [1.82, 2.24) is 9.97 Å². The second-order valence-corrected chi connectivity index (χ2v) is 10.6. The summed E-state index contributed by atoms with van der Waals surface area (Å²) in [6.07, 6.45) is 3.44. The third-order valence-electron chi connectivity index (χ3n) is 8.27. The van der Waals surface area contributed by atoms with Gasteiger partial charge in [0.1, 0.15) is 24.1 Å². The van der Waals surface area contributed by atoms with Crippen LogP contribution in [0.4, 0.5) is 0 Å². The van der Waals surface area contributed by atoms with E-state index in [9.17, 15) is 0 Å². The molecule has 0 unspecified atom stereocenters. The van der Waals surface area contributed by atoms with E-state index in [1.807, 2.05) is 0 Å². The van der Waals surface area contributed by atoms with Crippen molar-refractivity contribution in [3.63, 3.8) is 0 Å². The zero-order valence-electron chi connectivity index (χ0n) is 21.8. The standard InChI is InChI=1S/C35H28N4/c1(10-20-38-32-18-8-2-12-24(32)22-30-34(38)26-14-4-6-16-28(26)36-30)11-21-39-33-19-9-3-13-25(33)23-31-35(39)27-15-5-7-17-29(27)37-31/h2-9,12-19,22-23H,1,10-11,20-21H2/p+2. The summed E-state index contributed by atoms with van der Waals surface area (Å²) in [5.41, 5.74) is 10.1. The highest BCUT2D eigenvalue weighted by atomic mass is 15.0. The highest BCUT2D eigenvalue weighted by molar-refractivity contribution is 6.06. The van der Waals surface area contributed by atoms with E-state index in [1.54, 1.807) is 0 Å². The Balaban J connectivity index is 1.12. The van der Waals surface area contributed by atoms with E-state index in [2.05, 4.69) is 128 Å². The lowest BCUT2D eigenvalue weighted by molar-refractivity contribution is -0.649. The molecule has 0 spiro atoms. The summed E-state index contributed by atoms with van der Waals surface area (Å²) in [5.74, 6) is 0. The average Bonchev–Trinajstić information content (AvgIpc) is 3.54.